The Morgan fingerprint density at radius 3 is 1.33 bits per heavy atom. The molecule has 9 aromatic carbocycles. The van der Waals surface area contributed by atoms with E-state index in [9.17, 15) is 0 Å². The molecule has 12 rings (SSSR count). The van der Waals surface area contributed by atoms with E-state index in [4.69, 9.17) is 15.0 Å². The third-order valence-corrected chi connectivity index (χ3v) is 11.8. The summed E-state index contributed by atoms with van der Waals surface area (Å²) in [6.07, 6.45) is 1.89. The van der Waals surface area contributed by atoms with Gasteiger partial charge in [-0.25, -0.2) is 9.97 Å². The lowest BCUT2D eigenvalue weighted by atomic mass is 9.94. The fourth-order valence-corrected chi connectivity index (χ4v) is 9.01. The van der Waals surface area contributed by atoms with Gasteiger partial charge in [0.25, 0.3) is 0 Å². The van der Waals surface area contributed by atoms with Crippen LogP contribution >= 0.6 is 0 Å². The van der Waals surface area contributed by atoms with Crippen molar-refractivity contribution in [3.8, 4) is 56.4 Å². The maximum atomic E-state index is 5.18. The van der Waals surface area contributed by atoms with Gasteiger partial charge < -0.3 is 0 Å². The number of pyridine rings is 1. The van der Waals surface area contributed by atoms with Crippen molar-refractivity contribution in [3.05, 3.63) is 212 Å². The molecule has 12 aromatic rings. The zero-order valence-corrected chi connectivity index (χ0v) is 32.4. The summed E-state index contributed by atoms with van der Waals surface area (Å²) >= 11 is 0. The molecule has 3 heterocycles. The van der Waals surface area contributed by atoms with Crippen molar-refractivity contribution in [2.75, 3.05) is 0 Å². The minimum absolute atomic E-state index is 0.925. The summed E-state index contributed by atoms with van der Waals surface area (Å²) in [4.78, 5) is 15.3. The van der Waals surface area contributed by atoms with E-state index in [1.807, 2.05) is 12.3 Å². The molecule has 0 amide bonds. The fraction of sp³-hybridized carbons (Fsp3) is 0. The second kappa shape index (κ2) is 13.8. The molecule has 0 aliphatic carbocycles. The molecule has 60 heavy (non-hydrogen) atoms. The molecule has 0 saturated heterocycles. The number of benzene rings is 9. The van der Waals surface area contributed by atoms with E-state index in [0.29, 0.717) is 0 Å². The number of para-hydroxylation sites is 4. The third-order valence-electron chi connectivity index (χ3n) is 11.8. The lowest BCUT2D eigenvalue weighted by Gasteiger charge is -2.15. The predicted molar refractivity (Wildman–Crippen MR) is 248 cm³/mol. The first-order valence-electron chi connectivity index (χ1n) is 20.3. The van der Waals surface area contributed by atoms with Crippen LogP contribution in [0.3, 0.4) is 0 Å². The van der Waals surface area contributed by atoms with Crippen LogP contribution in [0.1, 0.15) is 0 Å². The molecule has 0 fully saturated rings. The molecule has 0 bridgehead atoms. The summed E-state index contributed by atoms with van der Waals surface area (Å²) in [6, 6.07) is 73.0. The average Bonchev–Trinajstić information content (AvgIpc) is 3.90. The Kier molecular flexibility index (Phi) is 7.78. The van der Waals surface area contributed by atoms with Crippen LogP contribution in [0.2, 0.25) is 0 Å². The smallest absolute Gasteiger partial charge is 0.146 e. The van der Waals surface area contributed by atoms with E-state index in [2.05, 4.69) is 209 Å². The SMILES string of the molecule is c1ccc2c(-c3nc4ccccc4n3-c3ccc(-c4ccc(-c5ccc(-n6c(-c7cccc8ccccc78)nc7ccccc76)cc5)c5ncccc45)cc3)cccc2c1. The van der Waals surface area contributed by atoms with Crippen LogP contribution < -0.4 is 0 Å². The van der Waals surface area contributed by atoms with Gasteiger partial charge in [-0.1, -0.05) is 152 Å². The van der Waals surface area contributed by atoms with Gasteiger partial charge in [0.2, 0.25) is 0 Å². The summed E-state index contributed by atoms with van der Waals surface area (Å²) in [7, 11) is 0. The minimum atomic E-state index is 0.925. The monoisotopic (exact) mass is 765 g/mol. The molecule has 0 N–H and O–H groups in total. The van der Waals surface area contributed by atoms with E-state index in [1.54, 1.807) is 0 Å². The van der Waals surface area contributed by atoms with Crippen LogP contribution in [0, 0.1) is 0 Å². The van der Waals surface area contributed by atoms with E-state index < -0.39 is 0 Å². The highest BCUT2D eigenvalue weighted by Crippen LogP contribution is 2.39. The van der Waals surface area contributed by atoms with E-state index in [-0.39, 0.29) is 0 Å². The van der Waals surface area contributed by atoms with Gasteiger partial charge in [0.1, 0.15) is 11.6 Å². The number of fused-ring (bicyclic) bond motifs is 5. The van der Waals surface area contributed by atoms with Gasteiger partial charge in [-0.2, -0.15) is 0 Å². The predicted octanol–water partition coefficient (Wildman–Crippen LogP) is 13.9. The zero-order valence-electron chi connectivity index (χ0n) is 32.4. The minimum Gasteiger partial charge on any atom is -0.292 e. The quantitative estimate of drug-likeness (QED) is 0.169. The van der Waals surface area contributed by atoms with Crippen molar-refractivity contribution in [1.82, 2.24) is 24.1 Å². The molecule has 280 valence electrons. The molecule has 0 aliphatic rings. The normalized spacial score (nSPS) is 11.7. The third kappa shape index (κ3) is 5.44. The topological polar surface area (TPSA) is 48.5 Å². The van der Waals surface area contributed by atoms with Crippen molar-refractivity contribution in [3.63, 3.8) is 0 Å². The number of nitrogens with zero attached hydrogens (tertiary/aromatic N) is 5. The molecule has 3 aromatic heterocycles. The highest BCUT2D eigenvalue weighted by atomic mass is 15.1. The van der Waals surface area contributed by atoms with Crippen LogP contribution in [0.15, 0.2) is 212 Å². The Hall–Kier alpha value is -8.15. The number of hydrogen-bond donors (Lipinski definition) is 0. The fourth-order valence-electron chi connectivity index (χ4n) is 9.01. The van der Waals surface area contributed by atoms with Gasteiger partial charge in [0.05, 0.1) is 27.6 Å². The molecule has 5 heteroatoms. The van der Waals surface area contributed by atoms with Crippen molar-refractivity contribution < 1.29 is 0 Å². The Balaban J connectivity index is 0.926. The van der Waals surface area contributed by atoms with Gasteiger partial charge in [-0.05, 0) is 92.8 Å². The molecule has 0 unspecified atom stereocenters. The second-order valence-corrected chi connectivity index (χ2v) is 15.2. The highest BCUT2D eigenvalue weighted by Gasteiger charge is 2.19. The maximum absolute atomic E-state index is 5.18. The summed E-state index contributed by atoms with van der Waals surface area (Å²) < 4.78 is 4.56. The van der Waals surface area contributed by atoms with E-state index in [1.165, 1.54) is 21.5 Å². The lowest BCUT2D eigenvalue weighted by molar-refractivity contribution is 1.11. The first-order valence-corrected chi connectivity index (χ1v) is 20.3. The molecule has 0 atom stereocenters. The van der Waals surface area contributed by atoms with Crippen LogP contribution in [0.5, 0.6) is 0 Å². The molecular formula is C55H35N5. The Labute approximate surface area is 346 Å². The highest BCUT2D eigenvalue weighted by molar-refractivity contribution is 6.03. The second-order valence-electron chi connectivity index (χ2n) is 15.2. The van der Waals surface area contributed by atoms with Gasteiger partial charge in [-0.3, -0.25) is 14.1 Å². The van der Waals surface area contributed by atoms with E-state index >= 15 is 0 Å². The summed E-state index contributed by atoms with van der Waals surface area (Å²) in [5.74, 6) is 1.85. The number of rotatable bonds is 6. The maximum Gasteiger partial charge on any atom is 0.146 e. The van der Waals surface area contributed by atoms with E-state index in [0.717, 1.165) is 89.4 Å². The van der Waals surface area contributed by atoms with Crippen LogP contribution in [0.4, 0.5) is 0 Å². The first-order chi connectivity index (χ1) is 29.8. The van der Waals surface area contributed by atoms with Gasteiger partial charge in [-0.15, -0.1) is 0 Å². The van der Waals surface area contributed by atoms with Crippen molar-refractivity contribution in [2.24, 2.45) is 0 Å². The van der Waals surface area contributed by atoms with Gasteiger partial charge >= 0.3 is 0 Å². The van der Waals surface area contributed by atoms with Crippen molar-refractivity contribution >= 4 is 54.5 Å². The van der Waals surface area contributed by atoms with Gasteiger partial charge in [0, 0.05) is 39.6 Å². The molecule has 0 saturated carbocycles. The first kappa shape index (κ1) is 33.9. The number of aromatic nitrogens is 5. The average molecular weight is 766 g/mol. The summed E-state index contributed by atoms with van der Waals surface area (Å²) in [5.41, 5.74) is 13.8. The molecular weight excluding hydrogens is 731 g/mol. The van der Waals surface area contributed by atoms with Gasteiger partial charge in [0.15, 0.2) is 0 Å². The Morgan fingerprint density at radius 2 is 0.767 bits per heavy atom. The van der Waals surface area contributed by atoms with Crippen molar-refractivity contribution in [2.45, 2.75) is 0 Å². The number of hydrogen-bond acceptors (Lipinski definition) is 3. The van der Waals surface area contributed by atoms with Crippen LogP contribution in [-0.2, 0) is 0 Å². The van der Waals surface area contributed by atoms with Crippen LogP contribution in [-0.4, -0.2) is 24.1 Å². The summed E-state index contributed by atoms with van der Waals surface area (Å²) in [6.45, 7) is 0. The number of imidazole rings is 2. The molecule has 0 spiro atoms. The Bertz CT molecular complexity index is 3350. The largest absolute Gasteiger partial charge is 0.292 e. The lowest BCUT2D eigenvalue weighted by Crippen LogP contribution is -1.98. The van der Waals surface area contributed by atoms with Crippen LogP contribution in [0.25, 0.3) is 111 Å². The van der Waals surface area contributed by atoms with Crippen molar-refractivity contribution in [1.29, 1.82) is 0 Å². The molecule has 0 aliphatic heterocycles. The molecule has 5 nitrogen and oxygen atoms in total. The summed E-state index contributed by atoms with van der Waals surface area (Å²) in [5, 5.41) is 5.86. The zero-order chi connectivity index (χ0) is 39.6. The standard InChI is InChI=1S/C55H35N5/c1-3-16-42-36(12-1)14-9-18-47(42)54-57-49-21-5-7-23-51(49)59(54)40-29-25-38(26-30-40)44-33-34-45(53-46(44)20-11-35-56-53)39-27-31-41(32-28-39)60-52-24-8-6-22-50(52)58-55(60)48-19-10-15-37-13-2-4-17-43(37)48/h1-35H. The Morgan fingerprint density at radius 1 is 0.317 bits per heavy atom. The molecule has 0 radical (unpaired) electrons.